The van der Waals surface area contributed by atoms with Gasteiger partial charge in [0, 0.05) is 28.7 Å². The Morgan fingerprint density at radius 1 is 0.909 bits per heavy atom. The third kappa shape index (κ3) is 4.70. The van der Waals surface area contributed by atoms with Gasteiger partial charge in [-0.25, -0.2) is 0 Å². The van der Waals surface area contributed by atoms with Crippen molar-refractivity contribution < 1.29 is 19.7 Å². The van der Waals surface area contributed by atoms with E-state index >= 15 is 0 Å². The molecule has 0 spiro atoms. The molecule has 1 aliphatic heterocycles. The number of benzene rings is 3. The first-order chi connectivity index (χ1) is 15.9. The molecule has 1 heterocycles. The smallest absolute Gasteiger partial charge is 0.133 e. The largest absolute Gasteiger partial charge is 0.497 e. The zero-order chi connectivity index (χ0) is 23.6. The zero-order valence-corrected chi connectivity index (χ0v) is 20.1. The SMILES string of the molecule is COc1cc(OC)cc(C(O)(c2cccc(Cl)c2)C2CCCN2C(O)c2cccc(Cl)c2)c1. The van der Waals surface area contributed by atoms with E-state index in [1.807, 2.05) is 29.2 Å². The van der Waals surface area contributed by atoms with E-state index in [2.05, 4.69) is 0 Å². The third-order valence-electron chi connectivity index (χ3n) is 6.29. The van der Waals surface area contributed by atoms with Crippen LogP contribution in [-0.4, -0.2) is 41.9 Å². The van der Waals surface area contributed by atoms with Gasteiger partial charge in [0.05, 0.1) is 14.2 Å². The maximum atomic E-state index is 12.5. The van der Waals surface area contributed by atoms with Crippen molar-refractivity contribution in [2.24, 2.45) is 0 Å². The van der Waals surface area contributed by atoms with Gasteiger partial charge in [-0.3, -0.25) is 4.90 Å². The predicted molar refractivity (Wildman–Crippen MR) is 130 cm³/mol. The summed E-state index contributed by atoms with van der Waals surface area (Å²) < 4.78 is 11.0. The van der Waals surface area contributed by atoms with Gasteiger partial charge in [-0.2, -0.15) is 0 Å². The van der Waals surface area contributed by atoms with Gasteiger partial charge >= 0.3 is 0 Å². The van der Waals surface area contributed by atoms with Gasteiger partial charge in [-0.05, 0) is 65.9 Å². The van der Waals surface area contributed by atoms with Gasteiger partial charge in [-0.15, -0.1) is 0 Å². The van der Waals surface area contributed by atoms with E-state index in [1.54, 1.807) is 56.7 Å². The molecule has 1 saturated heterocycles. The van der Waals surface area contributed by atoms with Crippen LogP contribution < -0.4 is 9.47 Å². The van der Waals surface area contributed by atoms with E-state index in [1.165, 1.54) is 0 Å². The van der Waals surface area contributed by atoms with Crippen LogP contribution in [-0.2, 0) is 5.60 Å². The van der Waals surface area contributed by atoms with Crippen LogP contribution in [0.2, 0.25) is 10.0 Å². The van der Waals surface area contributed by atoms with Gasteiger partial charge in [-0.1, -0.05) is 47.5 Å². The number of likely N-dealkylation sites (tertiary alicyclic amines) is 1. The van der Waals surface area contributed by atoms with Gasteiger partial charge in [0.15, 0.2) is 0 Å². The summed E-state index contributed by atoms with van der Waals surface area (Å²) in [7, 11) is 3.14. The van der Waals surface area contributed by atoms with E-state index in [0.717, 1.165) is 6.42 Å². The minimum absolute atomic E-state index is 0.443. The summed E-state index contributed by atoms with van der Waals surface area (Å²) in [6, 6.07) is 19.3. The molecule has 3 aromatic rings. The topological polar surface area (TPSA) is 62.2 Å². The molecular formula is C26H27Cl2NO4. The Labute approximate surface area is 204 Å². The van der Waals surface area contributed by atoms with Gasteiger partial charge < -0.3 is 19.7 Å². The van der Waals surface area contributed by atoms with E-state index in [9.17, 15) is 10.2 Å². The van der Waals surface area contributed by atoms with E-state index in [0.29, 0.717) is 51.2 Å². The molecule has 0 aliphatic carbocycles. The fraction of sp³-hybridized carbons (Fsp3) is 0.308. The highest BCUT2D eigenvalue weighted by Gasteiger charge is 2.48. The molecule has 1 aliphatic rings. The average molecular weight is 488 g/mol. The van der Waals surface area contributed by atoms with Crippen LogP contribution in [0.25, 0.3) is 0 Å². The molecule has 3 aromatic carbocycles. The quantitative estimate of drug-likeness (QED) is 0.466. The molecule has 3 unspecified atom stereocenters. The molecule has 2 N–H and O–H groups in total. The lowest BCUT2D eigenvalue weighted by atomic mass is 9.78. The minimum Gasteiger partial charge on any atom is -0.497 e. The predicted octanol–water partition coefficient (Wildman–Crippen LogP) is 5.40. The molecule has 7 heteroatoms. The highest BCUT2D eigenvalue weighted by molar-refractivity contribution is 6.30. The molecule has 0 bridgehead atoms. The van der Waals surface area contributed by atoms with Crippen LogP contribution >= 0.6 is 23.2 Å². The molecule has 33 heavy (non-hydrogen) atoms. The third-order valence-corrected chi connectivity index (χ3v) is 6.76. The van der Waals surface area contributed by atoms with Crippen LogP contribution in [0, 0.1) is 0 Å². The Balaban J connectivity index is 1.86. The second kappa shape index (κ2) is 9.92. The minimum atomic E-state index is -1.50. The average Bonchev–Trinajstić information content (AvgIpc) is 3.33. The summed E-state index contributed by atoms with van der Waals surface area (Å²) in [4.78, 5) is 1.92. The maximum absolute atomic E-state index is 12.5. The Morgan fingerprint density at radius 2 is 1.55 bits per heavy atom. The zero-order valence-electron chi connectivity index (χ0n) is 18.5. The second-order valence-electron chi connectivity index (χ2n) is 8.20. The van der Waals surface area contributed by atoms with Crippen LogP contribution in [0.5, 0.6) is 11.5 Å². The van der Waals surface area contributed by atoms with E-state index < -0.39 is 17.9 Å². The fourth-order valence-electron chi connectivity index (χ4n) is 4.69. The number of aliphatic hydroxyl groups is 2. The molecule has 0 amide bonds. The van der Waals surface area contributed by atoms with E-state index in [4.69, 9.17) is 32.7 Å². The van der Waals surface area contributed by atoms with Crippen molar-refractivity contribution in [2.75, 3.05) is 20.8 Å². The Bertz CT molecular complexity index is 1100. The number of aliphatic hydroxyl groups excluding tert-OH is 1. The molecule has 0 saturated carbocycles. The number of hydrogen-bond acceptors (Lipinski definition) is 5. The van der Waals surface area contributed by atoms with Gasteiger partial charge in [0.25, 0.3) is 0 Å². The summed E-state index contributed by atoms with van der Waals surface area (Å²) in [6.45, 7) is 0.613. The van der Waals surface area contributed by atoms with Crippen LogP contribution in [0.1, 0.15) is 35.8 Å². The second-order valence-corrected chi connectivity index (χ2v) is 9.08. The van der Waals surface area contributed by atoms with Crippen molar-refractivity contribution in [1.82, 2.24) is 4.90 Å². The first kappa shape index (κ1) is 23.9. The van der Waals surface area contributed by atoms with Crippen molar-refractivity contribution in [3.63, 3.8) is 0 Å². The van der Waals surface area contributed by atoms with Crippen LogP contribution in [0.3, 0.4) is 0 Å². The molecule has 4 rings (SSSR count). The number of nitrogens with zero attached hydrogens (tertiary/aromatic N) is 1. The monoisotopic (exact) mass is 487 g/mol. The van der Waals surface area contributed by atoms with Crippen LogP contribution in [0.15, 0.2) is 66.7 Å². The normalized spacial score (nSPS) is 19.2. The number of halogens is 2. The van der Waals surface area contributed by atoms with Crippen molar-refractivity contribution in [2.45, 2.75) is 30.7 Å². The molecule has 3 atom stereocenters. The summed E-state index contributed by atoms with van der Waals surface area (Å²) in [5, 5.41) is 24.9. The Morgan fingerprint density at radius 3 is 2.15 bits per heavy atom. The Kier molecular flexibility index (Phi) is 7.17. The Hall–Kier alpha value is -2.28. The van der Waals surface area contributed by atoms with Gasteiger partial charge in [0.1, 0.15) is 23.3 Å². The van der Waals surface area contributed by atoms with Crippen LogP contribution in [0.4, 0.5) is 0 Å². The first-order valence-corrected chi connectivity index (χ1v) is 11.5. The molecule has 0 aromatic heterocycles. The number of rotatable bonds is 7. The van der Waals surface area contributed by atoms with Crippen molar-refractivity contribution in [3.05, 3.63) is 93.5 Å². The van der Waals surface area contributed by atoms with Crippen molar-refractivity contribution in [3.8, 4) is 11.5 Å². The summed E-state index contributed by atoms with van der Waals surface area (Å²) in [5.41, 5.74) is 0.394. The summed E-state index contributed by atoms with van der Waals surface area (Å²) in [5.74, 6) is 1.12. The first-order valence-electron chi connectivity index (χ1n) is 10.8. The number of ether oxygens (including phenoxy) is 2. The number of hydrogen-bond donors (Lipinski definition) is 2. The lowest BCUT2D eigenvalue weighted by molar-refractivity contribution is -0.0772. The summed E-state index contributed by atoms with van der Waals surface area (Å²) >= 11 is 12.5. The molecule has 1 fully saturated rings. The highest BCUT2D eigenvalue weighted by atomic mass is 35.5. The molecule has 5 nitrogen and oxygen atoms in total. The maximum Gasteiger partial charge on any atom is 0.133 e. The molecular weight excluding hydrogens is 461 g/mol. The van der Waals surface area contributed by atoms with Gasteiger partial charge in [0.2, 0.25) is 0 Å². The highest BCUT2D eigenvalue weighted by Crippen LogP contribution is 2.45. The standard InChI is InChI=1S/C26H27Cl2NO4/c1-32-22-14-19(15-23(16-22)33-2)26(31,18-7-4-9-21(28)13-18)24-10-5-11-29(24)25(30)17-6-3-8-20(27)12-17/h3-4,6-9,12-16,24-25,30-31H,5,10-11H2,1-2H3. The lowest BCUT2D eigenvalue weighted by Crippen LogP contribution is -2.49. The lowest BCUT2D eigenvalue weighted by Gasteiger charge is -2.42. The summed E-state index contributed by atoms with van der Waals surface area (Å²) in [6.07, 6.45) is 0.543. The molecule has 0 radical (unpaired) electrons. The number of methoxy groups -OCH3 is 2. The molecule has 174 valence electrons. The van der Waals surface area contributed by atoms with Crippen molar-refractivity contribution >= 4 is 23.2 Å². The van der Waals surface area contributed by atoms with Crippen molar-refractivity contribution in [1.29, 1.82) is 0 Å². The van der Waals surface area contributed by atoms with E-state index in [-0.39, 0.29) is 0 Å². The fourth-order valence-corrected chi connectivity index (χ4v) is 5.08.